The van der Waals surface area contributed by atoms with E-state index in [-0.39, 0.29) is 17.4 Å². The lowest BCUT2D eigenvalue weighted by molar-refractivity contribution is 0.0925. The van der Waals surface area contributed by atoms with E-state index in [2.05, 4.69) is 69.3 Å². The molecule has 4 nitrogen and oxygen atoms in total. The van der Waals surface area contributed by atoms with Gasteiger partial charge in [-0.25, -0.2) is 0 Å². The number of carbonyl (C=O) groups excluding carboxylic acids is 1. The molecule has 0 fully saturated rings. The van der Waals surface area contributed by atoms with Crippen molar-refractivity contribution in [2.75, 3.05) is 0 Å². The van der Waals surface area contributed by atoms with Gasteiger partial charge in [0.2, 0.25) is 0 Å². The van der Waals surface area contributed by atoms with Crippen molar-refractivity contribution in [1.82, 2.24) is 15.1 Å². The summed E-state index contributed by atoms with van der Waals surface area (Å²) < 4.78 is 1.64. The molecule has 0 saturated carbocycles. The van der Waals surface area contributed by atoms with E-state index in [1.807, 2.05) is 7.05 Å². The van der Waals surface area contributed by atoms with E-state index < -0.39 is 0 Å². The summed E-state index contributed by atoms with van der Waals surface area (Å²) in [5.74, 6) is 0.216. The van der Waals surface area contributed by atoms with Crippen molar-refractivity contribution in [2.24, 2.45) is 13.0 Å². The van der Waals surface area contributed by atoms with E-state index in [1.54, 1.807) is 17.1 Å². The molecule has 2 rings (SSSR count). The van der Waals surface area contributed by atoms with Crippen LogP contribution in [0.4, 0.5) is 0 Å². The molecular weight excluding hydrogens is 286 g/mol. The van der Waals surface area contributed by atoms with E-state index >= 15 is 0 Å². The monoisotopic (exact) mass is 313 g/mol. The third-order valence-corrected chi connectivity index (χ3v) is 4.06. The van der Waals surface area contributed by atoms with Crippen LogP contribution in [0, 0.1) is 5.92 Å². The van der Waals surface area contributed by atoms with Crippen molar-refractivity contribution in [3.63, 3.8) is 0 Å². The van der Waals surface area contributed by atoms with Crippen LogP contribution in [0.3, 0.4) is 0 Å². The molecule has 4 heteroatoms. The van der Waals surface area contributed by atoms with Gasteiger partial charge in [0.15, 0.2) is 0 Å². The quantitative estimate of drug-likeness (QED) is 0.932. The summed E-state index contributed by atoms with van der Waals surface area (Å²) in [4.78, 5) is 12.4. The predicted octanol–water partition coefficient (Wildman–Crippen LogP) is 3.84. The number of nitrogens with zero attached hydrogens (tertiary/aromatic N) is 2. The number of aromatic nitrogens is 2. The summed E-state index contributed by atoms with van der Waals surface area (Å²) >= 11 is 0. The Kier molecular flexibility index (Phi) is 4.93. The largest absolute Gasteiger partial charge is 0.345 e. The molecule has 1 aromatic carbocycles. The minimum Gasteiger partial charge on any atom is -0.345 e. The Labute approximate surface area is 138 Å². The SMILES string of the molecule is CC(C)[C@@H](NC(=O)c1cnn(C)c1)c1ccc(C(C)(C)C)cc1. The first kappa shape index (κ1) is 17.3. The summed E-state index contributed by atoms with van der Waals surface area (Å²) in [5.41, 5.74) is 3.14. The second-order valence-electron chi connectivity index (χ2n) is 7.47. The molecule has 1 atom stereocenters. The summed E-state index contributed by atoms with van der Waals surface area (Å²) in [5, 5.41) is 7.19. The summed E-state index contributed by atoms with van der Waals surface area (Å²) in [7, 11) is 1.81. The maximum absolute atomic E-state index is 12.4. The second-order valence-corrected chi connectivity index (χ2v) is 7.47. The lowest BCUT2D eigenvalue weighted by atomic mass is 9.85. The van der Waals surface area contributed by atoms with E-state index in [1.165, 1.54) is 5.56 Å². The maximum Gasteiger partial charge on any atom is 0.254 e. The van der Waals surface area contributed by atoms with Gasteiger partial charge in [0, 0.05) is 13.2 Å². The Hall–Kier alpha value is -2.10. The number of hydrogen-bond donors (Lipinski definition) is 1. The third kappa shape index (κ3) is 4.21. The Morgan fingerprint density at radius 2 is 1.78 bits per heavy atom. The zero-order valence-corrected chi connectivity index (χ0v) is 14.9. The fourth-order valence-electron chi connectivity index (χ4n) is 2.59. The number of carbonyl (C=O) groups is 1. The standard InChI is InChI=1S/C19H27N3O/c1-13(2)17(21-18(23)15-11-20-22(6)12-15)14-7-9-16(10-8-14)19(3,4)5/h7-13,17H,1-6H3,(H,21,23)/t17-/m1/s1. The number of aryl methyl sites for hydroxylation is 1. The average molecular weight is 313 g/mol. The Balaban J connectivity index is 2.20. The van der Waals surface area contributed by atoms with Crippen LogP contribution in [0.2, 0.25) is 0 Å². The van der Waals surface area contributed by atoms with Gasteiger partial charge in [0.05, 0.1) is 17.8 Å². The highest BCUT2D eigenvalue weighted by atomic mass is 16.1. The molecule has 0 aliphatic heterocycles. The highest BCUT2D eigenvalue weighted by molar-refractivity contribution is 5.93. The average Bonchev–Trinajstić information content (AvgIpc) is 2.90. The molecule has 124 valence electrons. The Morgan fingerprint density at radius 3 is 2.22 bits per heavy atom. The van der Waals surface area contributed by atoms with Crippen molar-refractivity contribution < 1.29 is 4.79 Å². The van der Waals surface area contributed by atoms with Gasteiger partial charge in [-0.05, 0) is 22.5 Å². The van der Waals surface area contributed by atoms with Gasteiger partial charge in [-0.3, -0.25) is 9.48 Å². The normalized spacial score (nSPS) is 13.2. The first-order chi connectivity index (χ1) is 10.7. The first-order valence-electron chi connectivity index (χ1n) is 8.08. The lowest BCUT2D eigenvalue weighted by Gasteiger charge is -2.24. The molecule has 0 spiro atoms. The van der Waals surface area contributed by atoms with Crippen LogP contribution in [0.25, 0.3) is 0 Å². The summed E-state index contributed by atoms with van der Waals surface area (Å²) in [6.45, 7) is 10.8. The van der Waals surface area contributed by atoms with Crippen LogP contribution >= 0.6 is 0 Å². The van der Waals surface area contributed by atoms with E-state index in [9.17, 15) is 4.79 Å². The fourth-order valence-corrected chi connectivity index (χ4v) is 2.59. The van der Waals surface area contributed by atoms with Crippen LogP contribution < -0.4 is 5.32 Å². The molecule has 2 aromatic rings. The minimum absolute atomic E-state index is 0.0169. The molecule has 0 saturated heterocycles. The number of rotatable bonds is 4. The van der Waals surface area contributed by atoms with Gasteiger partial charge < -0.3 is 5.32 Å². The van der Waals surface area contributed by atoms with Gasteiger partial charge in [0.25, 0.3) is 5.91 Å². The van der Waals surface area contributed by atoms with Crippen molar-refractivity contribution in [1.29, 1.82) is 0 Å². The van der Waals surface area contributed by atoms with E-state index in [4.69, 9.17) is 0 Å². The lowest BCUT2D eigenvalue weighted by Crippen LogP contribution is -2.31. The van der Waals surface area contributed by atoms with Gasteiger partial charge >= 0.3 is 0 Å². The third-order valence-electron chi connectivity index (χ3n) is 4.06. The van der Waals surface area contributed by atoms with Gasteiger partial charge in [-0.15, -0.1) is 0 Å². The van der Waals surface area contributed by atoms with Crippen molar-refractivity contribution in [3.05, 3.63) is 53.3 Å². The molecule has 23 heavy (non-hydrogen) atoms. The molecule has 1 N–H and O–H groups in total. The smallest absolute Gasteiger partial charge is 0.254 e. The molecule has 0 radical (unpaired) electrons. The molecule has 0 aliphatic rings. The molecule has 0 aliphatic carbocycles. The molecule has 1 aromatic heterocycles. The highest BCUT2D eigenvalue weighted by Gasteiger charge is 2.21. The topological polar surface area (TPSA) is 46.9 Å². The van der Waals surface area contributed by atoms with Gasteiger partial charge in [-0.1, -0.05) is 58.9 Å². The van der Waals surface area contributed by atoms with Crippen LogP contribution in [0.15, 0.2) is 36.7 Å². The van der Waals surface area contributed by atoms with E-state index in [0.717, 1.165) is 5.56 Å². The maximum atomic E-state index is 12.4. The second kappa shape index (κ2) is 6.57. The minimum atomic E-state index is -0.0864. The Morgan fingerprint density at radius 1 is 1.17 bits per heavy atom. The zero-order chi connectivity index (χ0) is 17.2. The van der Waals surface area contributed by atoms with E-state index in [0.29, 0.717) is 11.5 Å². The van der Waals surface area contributed by atoms with Crippen molar-refractivity contribution >= 4 is 5.91 Å². The zero-order valence-electron chi connectivity index (χ0n) is 14.9. The van der Waals surface area contributed by atoms with Crippen LogP contribution in [-0.2, 0) is 12.5 Å². The first-order valence-corrected chi connectivity index (χ1v) is 8.08. The van der Waals surface area contributed by atoms with Crippen molar-refractivity contribution in [2.45, 2.75) is 46.1 Å². The highest BCUT2D eigenvalue weighted by Crippen LogP contribution is 2.27. The summed E-state index contributed by atoms with van der Waals surface area (Å²) in [6, 6.07) is 8.53. The van der Waals surface area contributed by atoms with Crippen LogP contribution in [-0.4, -0.2) is 15.7 Å². The number of benzene rings is 1. The molecule has 1 heterocycles. The predicted molar refractivity (Wildman–Crippen MR) is 93.4 cm³/mol. The van der Waals surface area contributed by atoms with Crippen LogP contribution in [0.5, 0.6) is 0 Å². The van der Waals surface area contributed by atoms with Crippen molar-refractivity contribution in [3.8, 4) is 0 Å². The molecular formula is C19H27N3O. The van der Waals surface area contributed by atoms with Gasteiger partial charge in [-0.2, -0.15) is 5.10 Å². The fraction of sp³-hybridized carbons (Fsp3) is 0.474. The number of hydrogen-bond acceptors (Lipinski definition) is 2. The molecule has 1 amide bonds. The summed E-state index contributed by atoms with van der Waals surface area (Å²) in [6.07, 6.45) is 3.32. The Bertz CT molecular complexity index is 663. The number of nitrogens with one attached hydrogen (secondary N) is 1. The molecule has 0 unspecified atom stereocenters. The van der Waals surface area contributed by atoms with Gasteiger partial charge in [0.1, 0.15) is 0 Å². The molecule has 0 bridgehead atoms. The van der Waals surface area contributed by atoms with Crippen LogP contribution in [0.1, 0.15) is 62.1 Å². The number of amides is 1.